The van der Waals surface area contributed by atoms with Gasteiger partial charge in [-0.25, -0.2) is 9.78 Å². The molecular formula is C19H16ClF3N4O4. The number of aliphatic hydroxyl groups excluding tert-OH is 2. The summed E-state index contributed by atoms with van der Waals surface area (Å²) in [5.41, 5.74) is 0.114. The van der Waals surface area contributed by atoms with E-state index in [0.717, 1.165) is 17.0 Å². The molecule has 1 atom stereocenters. The van der Waals surface area contributed by atoms with E-state index in [1.807, 2.05) is 0 Å². The second kappa shape index (κ2) is 9.00. The third kappa shape index (κ3) is 5.19. The number of carbonyl (C=O) groups is 2. The zero-order valence-electron chi connectivity index (χ0n) is 15.7. The van der Waals surface area contributed by atoms with Gasteiger partial charge in [-0.1, -0.05) is 11.6 Å². The van der Waals surface area contributed by atoms with Gasteiger partial charge in [-0.3, -0.25) is 20.0 Å². The SMILES string of the molecule is O=C1C=C(c2ncc([C@H](O)CO)cc2Cl)CCN1C(=O)Nc1ccc(C(F)(F)F)cn1. The molecule has 2 aromatic rings. The molecule has 1 aliphatic heterocycles. The van der Waals surface area contributed by atoms with Gasteiger partial charge in [0.25, 0.3) is 5.91 Å². The number of hydrogen-bond acceptors (Lipinski definition) is 6. The van der Waals surface area contributed by atoms with Crippen LogP contribution in [0.1, 0.15) is 29.3 Å². The van der Waals surface area contributed by atoms with Crippen LogP contribution in [0.2, 0.25) is 5.02 Å². The molecule has 0 unspecified atom stereocenters. The van der Waals surface area contributed by atoms with Crippen LogP contribution in [0.4, 0.5) is 23.8 Å². The third-order valence-electron chi connectivity index (χ3n) is 4.46. The summed E-state index contributed by atoms with van der Waals surface area (Å²) in [6.45, 7) is -0.521. The number of urea groups is 1. The van der Waals surface area contributed by atoms with Crippen molar-refractivity contribution >= 4 is 34.9 Å². The van der Waals surface area contributed by atoms with Crippen LogP contribution in [0.25, 0.3) is 5.57 Å². The highest BCUT2D eigenvalue weighted by Crippen LogP contribution is 2.30. The van der Waals surface area contributed by atoms with E-state index in [4.69, 9.17) is 16.7 Å². The summed E-state index contributed by atoms with van der Waals surface area (Å²) in [6.07, 6.45) is -2.38. The molecular weight excluding hydrogens is 441 g/mol. The van der Waals surface area contributed by atoms with E-state index in [0.29, 0.717) is 23.0 Å². The Labute approximate surface area is 179 Å². The number of amides is 3. The third-order valence-corrected chi connectivity index (χ3v) is 4.75. The minimum Gasteiger partial charge on any atom is -0.393 e. The van der Waals surface area contributed by atoms with Crippen molar-refractivity contribution in [2.24, 2.45) is 0 Å². The Morgan fingerprint density at radius 1 is 1.29 bits per heavy atom. The fourth-order valence-electron chi connectivity index (χ4n) is 2.82. The number of nitrogens with one attached hydrogen (secondary N) is 1. The van der Waals surface area contributed by atoms with Crippen molar-refractivity contribution in [1.82, 2.24) is 14.9 Å². The van der Waals surface area contributed by atoms with Crippen LogP contribution in [0.5, 0.6) is 0 Å². The molecule has 0 aromatic carbocycles. The number of alkyl halides is 3. The zero-order chi connectivity index (χ0) is 22.8. The van der Waals surface area contributed by atoms with Gasteiger partial charge < -0.3 is 10.2 Å². The summed E-state index contributed by atoms with van der Waals surface area (Å²) < 4.78 is 37.8. The van der Waals surface area contributed by atoms with Gasteiger partial charge in [-0.15, -0.1) is 0 Å². The van der Waals surface area contributed by atoms with Gasteiger partial charge in [0.2, 0.25) is 0 Å². The fraction of sp³-hybridized carbons (Fsp3) is 0.263. The van der Waals surface area contributed by atoms with Crippen molar-refractivity contribution in [3.05, 3.63) is 58.5 Å². The number of nitrogens with zero attached hydrogens (tertiary/aromatic N) is 3. The highest BCUT2D eigenvalue weighted by molar-refractivity contribution is 6.32. The number of carbonyl (C=O) groups excluding carboxylic acids is 2. The quantitative estimate of drug-likeness (QED) is 0.651. The minimum atomic E-state index is -4.55. The molecule has 0 spiro atoms. The van der Waals surface area contributed by atoms with Gasteiger partial charge in [-0.05, 0) is 30.2 Å². The number of halogens is 4. The maximum atomic E-state index is 12.6. The van der Waals surface area contributed by atoms with E-state index in [2.05, 4.69) is 15.3 Å². The molecule has 12 heteroatoms. The topological polar surface area (TPSA) is 116 Å². The molecule has 2 aromatic heterocycles. The van der Waals surface area contributed by atoms with Gasteiger partial charge in [-0.2, -0.15) is 13.2 Å². The number of imide groups is 1. The molecule has 8 nitrogen and oxygen atoms in total. The zero-order valence-corrected chi connectivity index (χ0v) is 16.5. The monoisotopic (exact) mass is 456 g/mol. The van der Waals surface area contributed by atoms with E-state index in [-0.39, 0.29) is 23.8 Å². The molecule has 3 amide bonds. The van der Waals surface area contributed by atoms with Crippen molar-refractivity contribution in [3.8, 4) is 0 Å². The molecule has 31 heavy (non-hydrogen) atoms. The van der Waals surface area contributed by atoms with Crippen LogP contribution < -0.4 is 5.32 Å². The molecule has 3 rings (SSSR count). The molecule has 0 saturated carbocycles. The van der Waals surface area contributed by atoms with Crippen LogP contribution in [0, 0.1) is 0 Å². The van der Waals surface area contributed by atoms with E-state index >= 15 is 0 Å². The number of pyridine rings is 2. The molecule has 0 aliphatic carbocycles. The van der Waals surface area contributed by atoms with Crippen molar-refractivity contribution in [1.29, 1.82) is 0 Å². The predicted octanol–water partition coefficient (Wildman–Crippen LogP) is 3.02. The predicted molar refractivity (Wildman–Crippen MR) is 104 cm³/mol. The summed E-state index contributed by atoms with van der Waals surface area (Å²) in [5.74, 6) is -0.800. The van der Waals surface area contributed by atoms with E-state index in [1.54, 1.807) is 0 Å². The Balaban J connectivity index is 1.70. The summed E-state index contributed by atoms with van der Waals surface area (Å²) in [7, 11) is 0. The number of anilines is 1. The van der Waals surface area contributed by atoms with Crippen molar-refractivity contribution in [3.63, 3.8) is 0 Å². The first-order valence-electron chi connectivity index (χ1n) is 8.91. The van der Waals surface area contributed by atoms with E-state index in [9.17, 15) is 27.9 Å². The lowest BCUT2D eigenvalue weighted by molar-refractivity contribution is -0.137. The second-order valence-corrected chi connectivity index (χ2v) is 6.97. The first-order valence-corrected chi connectivity index (χ1v) is 9.29. The summed E-state index contributed by atoms with van der Waals surface area (Å²) in [6, 6.07) is 2.34. The van der Waals surface area contributed by atoms with Crippen LogP contribution in [-0.4, -0.2) is 50.2 Å². The second-order valence-electron chi connectivity index (χ2n) is 6.57. The molecule has 0 radical (unpaired) electrons. The minimum absolute atomic E-state index is 0.0177. The van der Waals surface area contributed by atoms with E-state index in [1.165, 1.54) is 18.3 Å². The summed E-state index contributed by atoms with van der Waals surface area (Å²) in [5, 5.41) is 21.1. The van der Waals surface area contributed by atoms with Crippen molar-refractivity contribution < 1.29 is 33.0 Å². The first kappa shape index (κ1) is 22.7. The molecule has 1 aliphatic rings. The van der Waals surface area contributed by atoms with Gasteiger partial charge in [0.15, 0.2) is 0 Å². The molecule has 0 fully saturated rings. The molecule has 3 heterocycles. The van der Waals surface area contributed by atoms with Crippen molar-refractivity contribution in [2.75, 3.05) is 18.5 Å². The van der Waals surface area contributed by atoms with Crippen LogP contribution >= 0.6 is 11.6 Å². The van der Waals surface area contributed by atoms with E-state index < -0.39 is 36.4 Å². The van der Waals surface area contributed by atoms with Crippen LogP contribution in [0.15, 0.2) is 36.7 Å². The largest absolute Gasteiger partial charge is 0.417 e. The number of aromatic nitrogens is 2. The standard InChI is InChI=1S/C19H16ClF3N4O4/c20-13-5-11(14(29)9-28)7-25-17(13)10-3-4-27(16(30)6-10)18(31)26-15-2-1-12(8-24-15)19(21,22)23/h1-2,5-8,14,28-29H,3-4,9H2,(H,24,26,31)/t14-/m1/s1. The van der Waals surface area contributed by atoms with Crippen LogP contribution in [-0.2, 0) is 11.0 Å². The Kier molecular flexibility index (Phi) is 6.58. The maximum Gasteiger partial charge on any atom is 0.417 e. The Hall–Kier alpha value is -3.02. The Morgan fingerprint density at radius 3 is 2.58 bits per heavy atom. The maximum absolute atomic E-state index is 12.6. The van der Waals surface area contributed by atoms with Gasteiger partial charge in [0, 0.05) is 30.6 Å². The highest BCUT2D eigenvalue weighted by atomic mass is 35.5. The smallest absolute Gasteiger partial charge is 0.393 e. The molecule has 0 saturated heterocycles. The Bertz CT molecular complexity index is 1030. The number of aliphatic hydroxyl groups is 2. The average Bonchev–Trinajstić information content (AvgIpc) is 2.72. The van der Waals surface area contributed by atoms with Gasteiger partial charge >= 0.3 is 12.2 Å². The average molecular weight is 457 g/mol. The molecule has 3 N–H and O–H groups in total. The summed E-state index contributed by atoms with van der Waals surface area (Å²) in [4.78, 5) is 33.3. The van der Waals surface area contributed by atoms with Crippen LogP contribution in [0.3, 0.4) is 0 Å². The lowest BCUT2D eigenvalue weighted by atomic mass is 10.0. The van der Waals surface area contributed by atoms with Crippen molar-refractivity contribution in [2.45, 2.75) is 18.7 Å². The van der Waals surface area contributed by atoms with Gasteiger partial charge in [0.1, 0.15) is 11.9 Å². The lowest BCUT2D eigenvalue weighted by Gasteiger charge is -2.25. The first-order chi connectivity index (χ1) is 14.6. The Morgan fingerprint density at radius 2 is 2.03 bits per heavy atom. The highest BCUT2D eigenvalue weighted by Gasteiger charge is 2.31. The molecule has 0 bridgehead atoms. The van der Waals surface area contributed by atoms with Gasteiger partial charge in [0.05, 0.1) is 22.9 Å². The summed E-state index contributed by atoms with van der Waals surface area (Å²) >= 11 is 6.17. The lowest BCUT2D eigenvalue weighted by Crippen LogP contribution is -2.42. The molecule has 164 valence electrons. The fourth-order valence-corrected chi connectivity index (χ4v) is 3.12. The normalized spacial score (nSPS) is 15.5. The number of rotatable bonds is 4. The number of hydrogen-bond donors (Lipinski definition) is 3.